The van der Waals surface area contributed by atoms with E-state index in [0.29, 0.717) is 5.56 Å². The van der Waals surface area contributed by atoms with Crippen molar-refractivity contribution < 1.29 is 14.3 Å². The van der Waals surface area contributed by atoms with E-state index in [1.807, 2.05) is 0 Å². The number of rotatable bonds is 6. The van der Waals surface area contributed by atoms with E-state index >= 15 is 0 Å². The largest absolute Gasteiger partial charge is 0.480 e. The Morgan fingerprint density at radius 2 is 2.39 bits per heavy atom. The fourth-order valence-corrected chi connectivity index (χ4v) is 1.50. The zero-order valence-electron chi connectivity index (χ0n) is 9.80. The maximum absolute atomic E-state index is 13.1. The summed E-state index contributed by atoms with van der Waals surface area (Å²) in [5.41, 5.74) is 7.00. The fourth-order valence-electron chi connectivity index (χ4n) is 1.50. The summed E-state index contributed by atoms with van der Waals surface area (Å²) in [5, 5.41) is 15.3. The number of carboxylic acids is 1. The fraction of sp³-hybridized carbons (Fsp3) is 0.364. The maximum atomic E-state index is 13.1. The highest BCUT2D eigenvalue weighted by Crippen LogP contribution is 2.21. The van der Waals surface area contributed by atoms with Gasteiger partial charge in [0.05, 0.1) is 0 Å². The van der Waals surface area contributed by atoms with Crippen LogP contribution in [0.1, 0.15) is 12.5 Å². The number of carbonyl (C=O) groups is 1. The molecule has 2 N–H and O–H groups in total. The summed E-state index contributed by atoms with van der Waals surface area (Å²) < 4.78 is 13.1. The Labute approximate surface area is 103 Å². The minimum Gasteiger partial charge on any atom is -0.480 e. The molecule has 1 unspecified atom stereocenters. The quantitative estimate of drug-likeness (QED) is 0.350. The lowest BCUT2D eigenvalue weighted by Gasteiger charge is -2.26. The minimum atomic E-state index is -1.42. The normalized spacial score (nSPS) is 13.4. The van der Waals surface area contributed by atoms with Gasteiger partial charge < -0.3 is 5.11 Å². The van der Waals surface area contributed by atoms with Gasteiger partial charge in [-0.3, -0.25) is 5.32 Å². The van der Waals surface area contributed by atoms with E-state index in [1.54, 1.807) is 0 Å². The number of hydrogen-bond acceptors (Lipinski definition) is 3. The van der Waals surface area contributed by atoms with E-state index < -0.39 is 17.3 Å². The summed E-state index contributed by atoms with van der Waals surface area (Å²) in [6, 6.07) is 5.37. The Bertz CT molecular complexity index is 488. The Balaban J connectivity index is 2.93. The Morgan fingerprint density at radius 1 is 1.67 bits per heavy atom. The molecule has 0 spiro atoms. The van der Waals surface area contributed by atoms with Crippen LogP contribution in [-0.2, 0) is 10.3 Å². The van der Waals surface area contributed by atoms with E-state index in [-0.39, 0.29) is 13.1 Å². The van der Waals surface area contributed by atoms with Gasteiger partial charge in [-0.05, 0) is 30.2 Å². The van der Waals surface area contributed by atoms with Gasteiger partial charge in [-0.2, -0.15) is 0 Å². The molecular weight excluding hydrogens is 239 g/mol. The third-order valence-electron chi connectivity index (χ3n) is 2.58. The van der Waals surface area contributed by atoms with Crippen molar-refractivity contribution in [3.05, 3.63) is 46.1 Å². The molecule has 0 saturated carbocycles. The number of nitrogens with zero attached hydrogens (tertiary/aromatic N) is 3. The molecule has 7 heteroatoms. The highest BCUT2D eigenvalue weighted by molar-refractivity contribution is 5.80. The van der Waals surface area contributed by atoms with Gasteiger partial charge in [0.15, 0.2) is 0 Å². The lowest BCUT2D eigenvalue weighted by atomic mass is 9.92. The predicted octanol–water partition coefficient (Wildman–Crippen LogP) is 2.03. The molecule has 0 amide bonds. The molecule has 1 atom stereocenters. The number of carboxylic acid groups (broad SMARTS) is 1. The third kappa shape index (κ3) is 3.19. The van der Waals surface area contributed by atoms with Crippen LogP contribution >= 0.6 is 0 Å². The van der Waals surface area contributed by atoms with Crippen molar-refractivity contribution in [1.82, 2.24) is 5.32 Å². The topological polar surface area (TPSA) is 98.1 Å². The number of nitrogens with one attached hydrogen (secondary N) is 1. The van der Waals surface area contributed by atoms with Crippen LogP contribution in [0.4, 0.5) is 4.39 Å². The monoisotopic (exact) mass is 252 g/mol. The summed E-state index contributed by atoms with van der Waals surface area (Å²) in [4.78, 5) is 13.9. The van der Waals surface area contributed by atoms with Gasteiger partial charge in [0.25, 0.3) is 0 Å². The number of halogens is 1. The smallest absolute Gasteiger partial charge is 0.328 e. The first kappa shape index (κ1) is 14.0. The summed E-state index contributed by atoms with van der Waals surface area (Å²) in [5.74, 6) is -1.63. The van der Waals surface area contributed by atoms with Crippen molar-refractivity contribution in [2.75, 3.05) is 13.1 Å². The molecule has 0 bridgehead atoms. The lowest BCUT2D eigenvalue weighted by Crippen LogP contribution is -2.47. The van der Waals surface area contributed by atoms with E-state index in [4.69, 9.17) is 5.53 Å². The first-order valence-corrected chi connectivity index (χ1v) is 5.26. The van der Waals surface area contributed by atoms with Gasteiger partial charge in [0.2, 0.25) is 0 Å². The van der Waals surface area contributed by atoms with Crippen LogP contribution in [0.3, 0.4) is 0 Å². The molecule has 0 aliphatic rings. The molecule has 0 fully saturated rings. The summed E-state index contributed by atoms with van der Waals surface area (Å²) in [7, 11) is 0. The standard InChI is InChI=1S/C11H13FN4O2/c1-11(10(17)18,14-5-6-15-16-13)8-3-2-4-9(12)7-8/h2-4,7,14H,5-6H2,1H3,(H,17,18). The zero-order valence-corrected chi connectivity index (χ0v) is 9.80. The molecule has 1 aromatic carbocycles. The molecule has 18 heavy (non-hydrogen) atoms. The Morgan fingerprint density at radius 3 is 2.94 bits per heavy atom. The summed E-state index contributed by atoms with van der Waals surface area (Å²) in [6.07, 6.45) is 0. The predicted molar refractivity (Wildman–Crippen MR) is 63.4 cm³/mol. The van der Waals surface area contributed by atoms with Crippen LogP contribution < -0.4 is 5.32 Å². The SMILES string of the molecule is CC(NCCN=[N+]=[N-])(C(=O)O)c1cccc(F)c1. The number of azide groups is 1. The molecule has 1 rings (SSSR count). The molecule has 0 aliphatic heterocycles. The van der Waals surface area contributed by atoms with Gasteiger partial charge in [0, 0.05) is 18.0 Å². The van der Waals surface area contributed by atoms with Gasteiger partial charge in [-0.25, -0.2) is 9.18 Å². The van der Waals surface area contributed by atoms with E-state index in [2.05, 4.69) is 15.3 Å². The van der Waals surface area contributed by atoms with Gasteiger partial charge >= 0.3 is 5.97 Å². The van der Waals surface area contributed by atoms with Crippen LogP contribution in [0.25, 0.3) is 10.4 Å². The van der Waals surface area contributed by atoms with E-state index in [9.17, 15) is 14.3 Å². The first-order chi connectivity index (χ1) is 8.50. The minimum absolute atomic E-state index is 0.120. The second-order valence-electron chi connectivity index (χ2n) is 3.82. The molecule has 1 aromatic rings. The molecule has 6 nitrogen and oxygen atoms in total. The first-order valence-electron chi connectivity index (χ1n) is 5.26. The van der Waals surface area contributed by atoms with Gasteiger partial charge in [-0.1, -0.05) is 17.2 Å². The molecule has 0 saturated heterocycles. The Hall–Kier alpha value is -2.11. The third-order valence-corrected chi connectivity index (χ3v) is 2.58. The second-order valence-corrected chi connectivity index (χ2v) is 3.82. The molecule has 0 heterocycles. The van der Waals surface area contributed by atoms with Crippen LogP contribution in [0.15, 0.2) is 29.4 Å². The zero-order chi connectivity index (χ0) is 13.6. The number of benzene rings is 1. The molecule has 0 aromatic heterocycles. The number of hydrogen-bond donors (Lipinski definition) is 2. The van der Waals surface area contributed by atoms with Crippen molar-refractivity contribution in [3.8, 4) is 0 Å². The second kappa shape index (κ2) is 6.00. The molecule has 96 valence electrons. The lowest BCUT2D eigenvalue weighted by molar-refractivity contribution is -0.144. The van der Waals surface area contributed by atoms with Crippen LogP contribution in [0, 0.1) is 5.82 Å². The molecule has 0 radical (unpaired) electrons. The Kier molecular flexibility index (Phi) is 4.65. The average Bonchev–Trinajstić information content (AvgIpc) is 2.34. The van der Waals surface area contributed by atoms with Crippen molar-refractivity contribution in [1.29, 1.82) is 0 Å². The van der Waals surface area contributed by atoms with Crippen LogP contribution in [0.2, 0.25) is 0 Å². The molecule has 0 aliphatic carbocycles. The van der Waals surface area contributed by atoms with Gasteiger partial charge in [-0.15, -0.1) is 0 Å². The van der Waals surface area contributed by atoms with Crippen LogP contribution in [0.5, 0.6) is 0 Å². The number of aliphatic carboxylic acids is 1. The maximum Gasteiger partial charge on any atom is 0.328 e. The van der Waals surface area contributed by atoms with Crippen molar-refractivity contribution in [3.63, 3.8) is 0 Å². The van der Waals surface area contributed by atoms with Crippen LogP contribution in [-0.4, -0.2) is 24.2 Å². The van der Waals surface area contributed by atoms with Crippen molar-refractivity contribution in [2.45, 2.75) is 12.5 Å². The van der Waals surface area contributed by atoms with E-state index in [0.717, 1.165) is 6.07 Å². The molecular formula is C11H13FN4O2. The average molecular weight is 252 g/mol. The summed E-state index contributed by atoms with van der Waals surface area (Å²) in [6.45, 7) is 1.73. The summed E-state index contributed by atoms with van der Waals surface area (Å²) >= 11 is 0. The highest BCUT2D eigenvalue weighted by Gasteiger charge is 2.34. The van der Waals surface area contributed by atoms with E-state index in [1.165, 1.54) is 25.1 Å². The highest BCUT2D eigenvalue weighted by atomic mass is 19.1. The van der Waals surface area contributed by atoms with Gasteiger partial charge in [0.1, 0.15) is 11.4 Å². The van der Waals surface area contributed by atoms with Crippen molar-refractivity contribution >= 4 is 5.97 Å². The van der Waals surface area contributed by atoms with Crippen molar-refractivity contribution in [2.24, 2.45) is 5.11 Å².